The van der Waals surface area contributed by atoms with Crippen molar-refractivity contribution in [1.82, 2.24) is 15.5 Å². The van der Waals surface area contributed by atoms with Gasteiger partial charge in [0.15, 0.2) is 5.96 Å². The maximum absolute atomic E-state index is 12.0. The number of fused-ring (bicyclic) bond motifs is 1. The average molecular weight is 513 g/mol. The molecule has 0 aliphatic carbocycles. The molecular weight excluding hydrogens is 477 g/mol. The molecule has 1 fully saturated rings. The van der Waals surface area contributed by atoms with E-state index in [1.807, 2.05) is 25.2 Å². The summed E-state index contributed by atoms with van der Waals surface area (Å²) in [6.07, 6.45) is 3.06. The Labute approximate surface area is 192 Å². The van der Waals surface area contributed by atoms with Gasteiger partial charge in [0.05, 0.1) is 0 Å². The number of amides is 1. The number of nitrogens with zero attached hydrogens (tertiary/aromatic N) is 2. The largest absolute Gasteiger partial charge is 0.356 e. The van der Waals surface area contributed by atoms with Crippen molar-refractivity contribution in [2.45, 2.75) is 39.0 Å². The number of guanidine groups is 1. The second kappa shape index (κ2) is 11.7. The van der Waals surface area contributed by atoms with Crippen LogP contribution < -0.4 is 16.0 Å². The van der Waals surface area contributed by atoms with Crippen LogP contribution in [0.4, 0.5) is 5.69 Å². The third-order valence-electron chi connectivity index (χ3n) is 5.63. The van der Waals surface area contributed by atoms with Gasteiger partial charge in [-0.3, -0.25) is 9.79 Å². The lowest BCUT2D eigenvalue weighted by molar-refractivity contribution is -0.116. The third kappa shape index (κ3) is 7.13. The van der Waals surface area contributed by atoms with Gasteiger partial charge < -0.3 is 20.9 Å². The molecule has 0 bridgehead atoms. The molecule has 29 heavy (non-hydrogen) atoms. The lowest BCUT2D eigenvalue weighted by Crippen LogP contribution is -2.46. The molecule has 0 spiro atoms. The van der Waals surface area contributed by atoms with Crippen molar-refractivity contribution in [1.29, 1.82) is 0 Å². The van der Waals surface area contributed by atoms with Crippen molar-refractivity contribution in [3.63, 3.8) is 0 Å². The summed E-state index contributed by atoms with van der Waals surface area (Å²) in [5.41, 5.74) is 2.13. The number of hydrogen-bond donors (Lipinski definition) is 3. The Bertz CT molecular complexity index is 694. The van der Waals surface area contributed by atoms with Gasteiger partial charge in [-0.15, -0.1) is 24.0 Å². The number of benzene rings is 1. The molecule has 1 saturated heterocycles. The number of carbonyl (C=O) groups excluding carboxylic acids is 1. The molecule has 7 heteroatoms. The standard InChI is InChI=1S/C22H35N5O.HI/c1-16(2)14-27-10-6-7-17(15-27)12-24-22(23-3)25-13-18-11-21(28)26-20-9-5-4-8-19(18)20;/h4-5,8-9,16-18H,6-7,10-15H2,1-3H3,(H,26,28)(H2,23,24,25);1H. The minimum absolute atomic E-state index is 0. The molecule has 2 aliphatic heterocycles. The zero-order chi connectivity index (χ0) is 19.9. The molecule has 3 rings (SSSR count). The summed E-state index contributed by atoms with van der Waals surface area (Å²) in [5, 5.41) is 9.89. The fourth-order valence-corrected chi connectivity index (χ4v) is 4.37. The Morgan fingerprint density at radius 3 is 2.79 bits per heavy atom. The molecule has 1 aromatic carbocycles. The highest BCUT2D eigenvalue weighted by molar-refractivity contribution is 14.0. The van der Waals surface area contributed by atoms with Gasteiger partial charge in [0, 0.05) is 51.3 Å². The predicted octanol–water partition coefficient (Wildman–Crippen LogP) is 3.26. The first-order valence-electron chi connectivity index (χ1n) is 10.6. The van der Waals surface area contributed by atoms with E-state index in [0.717, 1.165) is 24.1 Å². The fourth-order valence-electron chi connectivity index (χ4n) is 4.37. The number of para-hydroxylation sites is 1. The summed E-state index contributed by atoms with van der Waals surface area (Å²) in [6, 6.07) is 8.06. The van der Waals surface area contributed by atoms with Crippen LogP contribution in [0.15, 0.2) is 29.3 Å². The van der Waals surface area contributed by atoms with Crippen LogP contribution in [0.25, 0.3) is 0 Å². The second-order valence-corrected chi connectivity index (χ2v) is 8.53. The number of anilines is 1. The SMILES string of the molecule is CN=C(NCC1CCCN(CC(C)C)C1)NCC1CC(=O)Nc2ccccc21.I. The van der Waals surface area contributed by atoms with Crippen molar-refractivity contribution in [3.05, 3.63) is 29.8 Å². The van der Waals surface area contributed by atoms with Crippen LogP contribution in [-0.4, -0.2) is 56.5 Å². The summed E-state index contributed by atoms with van der Waals surface area (Å²) in [5.74, 6) is 2.45. The Morgan fingerprint density at radius 2 is 2.03 bits per heavy atom. The smallest absolute Gasteiger partial charge is 0.225 e. The monoisotopic (exact) mass is 513 g/mol. The highest BCUT2D eigenvalue weighted by Crippen LogP contribution is 2.31. The Hall–Kier alpha value is -1.35. The van der Waals surface area contributed by atoms with Crippen LogP contribution >= 0.6 is 24.0 Å². The molecule has 0 aromatic heterocycles. The van der Waals surface area contributed by atoms with E-state index in [1.54, 1.807) is 0 Å². The van der Waals surface area contributed by atoms with E-state index < -0.39 is 0 Å². The first-order chi connectivity index (χ1) is 13.5. The van der Waals surface area contributed by atoms with Crippen LogP contribution in [0.5, 0.6) is 0 Å². The molecule has 162 valence electrons. The topological polar surface area (TPSA) is 68.8 Å². The zero-order valence-corrected chi connectivity index (χ0v) is 20.2. The highest BCUT2D eigenvalue weighted by Gasteiger charge is 2.25. The number of aliphatic imine (C=N–C) groups is 1. The number of halogens is 1. The molecule has 1 amide bonds. The van der Waals surface area contributed by atoms with Gasteiger partial charge in [0.1, 0.15) is 0 Å². The van der Waals surface area contributed by atoms with Crippen LogP contribution in [0.3, 0.4) is 0 Å². The molecule has 2 unspecified atom stereocenters. The molecule has 1 aromatic rings. The number of carbonyl (C=O) groups is 1. The molecule has 0 saturated carbocycles. The molecule has 6 nitrogen and oxygen atoms in total. The predicted molar refractivity (Wildman–Crippen MR) is 131 cm³/mol. The van der Waals surface area contributed by atoms with E-state index in [-0.39, 0.29) is 35.8 Å². The molecular formula is C22H36IN5O. The van der Waals surface area contributed by atoms with Gasteiger partial charge in [-0.05, 0) is 42.9 Å². The Morgan fingerprint density at radius 1 is 1.28 bits per heavy atom. The van der Waals surface area contributed by atoms with Crippen molar-refractivity contribution in [2.24, 2.45) is 16.8 Å². The van der Waals surface area contributed by atoms with Gasteiger partial charge in [-0.1, -0.05) is 32.0 Å². The molecule has 2 aliphatic rings. The van der Waals surface area contributed by atoms with Gasteiger partial charge in [-0.25, -0.2) is 0 Å². The second-order valence-electron chi connectivity index (χ2n) is 8.53. The van der Waals surface area contributed by atoms with Crippen molar-refractivity contribution in [2.75, 3.05) is 45.1 Å². The van der Waals surface area contributed by atoms with Crippen LogP contribution in [0.1, 0.15) is 44.6 Å². The Kier molecular flexibility index (Phi) is 9.68. The van der Waals surface area contributed by atoms with Crippen LogP contribution in [-0.2, 0) is 4.79 Å². The first kappa shape index (κ1) is 23.9. The minimum Gasteiger partial charge on any atom is -0.356 e. The van der Waals surface area contributed by atoms with Crippen molar-refractivity contribution in [3.8, 4) is 0 Å². The van der Waals surface area contributed by atoms with E-state index >= 15 is 0 Å². The molecule has 0 radical (unpaired) electrons. The highest BCUT2D eigenvalue weighted by atomic mass is 127. The van der Waals surface area contributed by atoms with Crippen molar-refractivity contribution < 1.29 is 4.79 Å². The van der Waals surface area contributed by atoms with Gasteiger partial charge in [0.2, 0.25) is 5.91 Å². The number of rotatable bonds is 6. The summed E-state index contributed by atoms with van der Waals surface area (Å²) >= 11 is 0. The van der Waals surface area contributed by atoms with Crippen molar-refractivity contribution >= 4 is 41.5 Å². The molecule has 2 heterocycles. The summed E-state index contributed by atoms with van der Waals surface area (Å²) in [6.45, 7) is 9.80. The quantitative estimate of drug-likeness (QED) is 0.311. The maximum Gasteiger partial charge on any atom is 0.225 e. The lowest BCUT2D eigenvalue weighted by atomic mass is 9.90. The lowest BCUT2D eigenvalue weighted by Gasteiger charge is -2.34. The van der Waals surface area contributed by atoms with Gasteiger partial charge in [0.25, 0.3) is 0 Å². The van der Waals surface area contributed by atoms with Gasteiger partial charge >= 0.3 is 0 Å². The zero-order valence-electron chi connectivity index (χ0n) is 17.9. The molecule has 3 N–H and O–H groups in total. The molecule has 2 atom stereocenters. The number of nitrogens with one attached hydrogen (secondary N) is 3. The van der Waals surface area contributed by atoms with E-state index in [0.29, 0.717) is 18.9 Å². The van der Waals surface area contributed by atoms with E-state index in [2.05, 4.69) is 45.8 Å². The summed E-state index contributed by atoms with van der Waals surface area (Å²) in [4.78, 5) is 19.0. The van der Waals surface area contributed by atoms with Crippen LogP contribution in [0.2, 0.25) is 0 Å². The number of piperidine rings is 1. The van der Waals surface area contributed by atoms with Crippen LogP contribution in [0, 0.1) is 11.8 Å². The normalized spacial score (nSPS) is 22.5. The number of hydrogen-bond acceptors (Lipinski definition) is 3. The minimum atomic E-state index is 0. The fraction of sp³-hybridized carbons (Fsp3) is 0.636. The average Bonchev–Trinajstić information content (AvgIpc) is 2.67. The third-order valence-corrected chi connectivity index (χ3v) is 5.63. The Balaban J connectivity index is 0.00000300. The first-order valence-corrected chi connectivity index (χ1v) is 10.6. The summed E-state index contributed by atoms with van der Waals surface area (Å²) < 4.78 is 0. The van der Waals surface area contributed by atoms with E-state index in [4.69, 9.17) is 0 Å². The number of likely N-dealkylation sites (tertiary alicyclic amines) is 1. The van der Waals surface area contributed by atoms with E-state index in [1.165, 1.54) is 38.0 Å². The van der Waals surface area contributed by atoms with E-state index in [9.17, 15) is 4.79 Å². The van der Waals surface area contributed by atoms with Gasteiger partial charge in [-0.2, -0.15) is 0 Å². The maximum atomic E-state index is 12.0. The summed E-state index contributed by atoms with van der Waals surface area (Å²) in [7, 11) is 1.81.